The van der Waals surface area contributed by atoms with Crippen molar-refractivity contribution in [2.24, 2.45) is 0 Å². The van der Waals surface area contributed by atoms with Crippen LogP contribution in [-0.4, -0.2) is 78.8 Å². The molecule has 5 rings (SSSR count). The summed E-state index contributed by atoms with van der Waals surface area (Å²) >= 11 is 6.16. The van der Waals surface area contributed by atoms with Gasteiger partial charge in [0.2, 0.25) is 5.91 Å². The number of aromatic nitrogens is 3. The Morgan fingerprint density at radius 3 is 2.43 bits per heavy atom. The van der Waals surface area contributed by atoms with Gasteiger partial charge in [-0.25, -0.2) is 14.6 Å². The van der Waals surface area contributed by atoms with E-state index in [4.69, 9.17) is 21.3 Å². The molecule has 4 aromatic rings. The quantitative estimate of drug-likeness (QED) is 0.251. The number of benzene rings is 2. The van der Waals surface area contributed by atoms with E-state index in [9.17, 15) is 19.5 Å². The molecule has 240 valence electrons. The number of rotatable bonds is 8. The summed E-state index contributed by atoms with van der Waals surface area (Å²) in [6.07, 6.45) is 2.24. The highest BCUT2D eigenvalue weighted by Crippen LogP contribution is 2.32. The molecular formula is C34H37ClN6O5. The zero-order valence-corrected chi connectivity index (χ0v) is 26.8. The van der Waals surface area contributed by atoms with Crippen LogP contribution in [0.5, 0.6) is 0 Å². The summed E-state index contributed by atoms with van der Waals surface area (Å²) < 4.78 is 7.14. The average molecular weight is 645 g/mol. The van der Waals surface area contributed by atoms with Gasteiger partial charge in [-0.2, -0.15) is 0 Å². The lowest BCUT2D eigenvalue weighted by Crippen LogP contribution is -2.57. The number of pyridine rings is 1. The number of amides is 3. The van der Waals surface area contributed by atoms with Crippen LogP contribution in [0.15, 0.2) is 79.3 Å². The SMILES string of the molecule is CC(C)(C)OC(=O)NCc1cc(-c2c(-c3ccc(Cl)cc3)ncn2CC(=O)N2CCN(C(=O)O)C(Cc3ccccc3)C2)ccn1. The molecule has 3 heterocycles. The summed E-state index contributed by atoms with van der Waals surface area (Å²) in [5.74, 6) is -0.148. The molecule has 0 radical (unpaired) electrons. The largest absolute Gasteiger partial charge is 0.465 e. The molecule has 0 spiro atoms. The van der Waals surface area contributed by atoms with E-state index in [0.717, 1.165) is 16.7 Å². The van der Waals surface area contributed by atoms with Crippen LogP contribution in [0.25, 0.3) is 22.5 Å². The smallest absolute Gasteiger partial charge is 0.407 e. The Morgan fingerprint density at radius 2 is 1.74 bits per heavy atom. The highest BCUT2D eigenvalue weighted by atomic mass is 35.5. The van der Waals surface area contributed by atoms with Crippen LogP contribution in [-0.2, 0) is 29.0 Å². The zero-order chi connectivity index (χ0) is 32.8. The third-order valence-electron chi connectivity index (χ3n) is 7.56. The summed E-state index contributed by atoms with van der Waals surface area (Å²) in [5.41, 5.74) is 3.89. The second-order valence-electron chi connectivity index (χ2n) is 12.1. The molecule has 46 heavy (non-hydrogen) atoms. The molecule has 1 saturated heterocycles. The number of carbonyl (C=O) groups is 3. The van der Waals surface area contributed by atoms with Crippen LogP contribution in [0.3, 0.4) is 0 Å². The molecule has 0 aliphatic carbocycles. The number of hydrogen-bond donors (Lipinski definition) is 2. The molecule has 2 aromatic heterocycles. The van der Waals surface area contributed by atoms with Gasteiger partial charge in [0.25, 0.3) is 0 Å². The predicted molar refractivity (Wildman–Crippen MR) is 174 cm³/mol. The van der Waals surface area contributed by atoms with Crippen LogP contribution in [0.4, 0.5) is 9.59 Å². The van der Waals surface area contributed by atoms with Crippen molar-refractivity contribution >= 4 is 29.7 Å². The van der Waals surface area contributed by atoms with E-state index in [0.29, 0.717) is 35.1 Å². The van der Waals surface area contributed by atoms with Crippen molar-refractivity contribution in [3.05, 3.63) is 95.5 Å². The van der Waals surface area contributed by atoms with Gasteiger partial charge in [0, 0.05) is 42.0 Å². The van der Waals surface area contributed by atoms with Crippen molar-refractivity contribution in [1.29, 1.82) is 0 Å². The van der Waals surface area contributed by atoms with E-state index >= 15 is 0 Å². The van der Waals surface area contributed by atoms with Crippen LogP contribution in [0.2, 0.25) is 5.02 Å². The molecule has 3 amide bonds. The topological polar surface area (TPSA) is 130 Å². The molecule has 2 aromatic carbocycles. The van der Waals surface area contributed by atoms with Crippen molar-refractivity contribution in [3.8, 4) is 22.5 Å². The Bertz CT molecular complexity index is 1690. The summed E-state index contributed by atoms with van der Waals surface area (Å²) in [7, 11) is 0. The van der Waals surface area contributed by atoms with Crippen LogP contribution >= 0.6 is 11.6 Å². The van der Waals surface area contributed by atoms with Crippen LogP contribution in [0, 0.1) is 0 Å². The Balaban J connectivity index is 1.40. The molecule has 1 unspecified atom stereocenters. The number of carbonyl (C=O) groups excluding carboxylic acids is 2. The first-order chi connectivity index (χ1) is 22.0. The van der Waals surface area contributed by atoms with Gasteiger partial charge in [-0.1, -0.05) is 54.1 Å². The first-order valence-corrected chi connectivity index (χ1v) is 15.4. The van der Waals surface area contributed by atoms with Crippen molar-refractivity contribution < 1.29 is 24.2 Å². The van der Waals surface area contributed by atoms with Gasteiger partial charge < -0.3 is 29.5 Å². The maximum atomic E-state index is 13.8. The second kappa shape index (κ2) is 14.0. The Kier molecular flexibility index (Phi) is 9.91. The summed E-state index contributed by atoms with van der Waals surface area (Å²) in [6, 6.07) is 20.3. The first-order valence-electron chi connectivity index (χ1n) is 15.0. The van der Waals surface area contributed by atoms with Gasteiger partial charge in [-0.3, -0.25) is 9.78 Å². The Labute approximate surface area is 272 Å². The highest BCUT2D eigenvalue weighted by molar-refractivity contribution is 6.30. The molecule has 12 heteroatoms. The van der Waals surface area contributed by atoms with Crippen molar-refractivity contribution in [2.75, 3.05) is 19.6 Å². The number of nitrogens with one attached hydrogen (secondary N) is 1. The normalized spacial score (nSPS) is 15.0. The lowest BCUT2D eigenvalue weighted by Gasteiger charge is -2.40. The van der Waals surface area contributed by atoms with Crippen LogP contribution < -0.4 is 5.32 Å². The Morgan fingerprint density at radius 1 is 1.00 bits per heavy atom. The van der Waals surface area contributed by atoms with Crippen molar-refractivity contribution in [2.45, 2.75) is 51.9 Å². The molecule has 1 fully saturated rings. The van der Waals surface area contributed by atoms with E-state index < -0.39 is 17.8 Å². The molecule has 0 bridgehead atoms. The van der Waals surface area contributed by atoms with Gasteiger partial charge in [-0.15, -0.1) is 0 Å². The number of imidazole rings is 1. The van der Waals surface area contributed by atoms with Gasteiger partial charge in [0.05, 0.1) is 36.0 Å². The molecule has 1 aliphatic rings. The average Bonchev–Trinajstić information content (AvgIpc) is 3.43. The summed E-state index contributed by atoms with van der Waals surface area (Å²) in [4.78, 5) is 50.3. The number of carboxylic acid groups (broad SMARTS) is 1. The number of nitrogens with zero attached hydrogens (tertiary/aromatic N) is 5. The van der Waals surface area contributed by atoms with E-state index in [-0.39, 0.29) is 38.1 Å². The fourth-order valence-corrected chi connectivity index (χ4v) is 5.59. The van der Waals surface area contributed by atoms with E-state index in [2.05, 4.69) is 10.3 Å². The maximum absolute atomic E-state index is 13.8. The number of hydrogen-bond acceptors (Lipinski definition) is 6. The molecule has 0 saturated carbocycles. The lowest BCUT2D eigenvalue weighted by atomic mass is 10.0. The van der Waals surface area contributed by atoms with E-state index in [1.807, 2.05) is 54.6 Å². The van der Waals surface area contributed by atoms with Gasteiger partial charge in [0.1, 0.15) is 12.1 Å². The minimum absolute atomic E-state index is 0.00509. The standard InChI is InChI=1S/C34H37ClN6O5/c1-34(2,3)46-32(43)37-19-27-18-25(13-14-36-27)31-30(24-9-11-26(35)12-10-24)38-22-40(31)21-29(42)39-15-16-41(33(44)45)28(20-39)17-23-7-5-4-6-8-23/h4-14,18,22,28H,15-17,19-21H2,1-3H3,(H,37,43)(H,44,45). The van der Waals surface area contributed by atoms with Crippen molar-refractivity contribution in [3.63, 3.8) is 0 Å². The second-order valence-corrected chi connectivity index (χ2v) is 12.6. The fraction of sp³-hybridized carbons (Fsp3) is 0.324. The fourth-order valence-electron chi connectivity index (χ4n) is 5.46. The van der Waals surface area contributed by atoms with Gasteiger partial charge in [0.15, 0.2) is 0 Å². The number of alkyl carbamates (subject to hydrolysis) is 1. The van der Waals surface area contributed by atoms with Gasteiger partial charge >= 0.3 is 12.2 Å². The predicted octanol–water partition coefficient (Wildman–Crippen LogP) is 5.72. The number of ether oxygens (including phenoxy) is 1. The molecule has 11 nitrogen and oxygen atoms in total. The highest BCUT2D eigenvalue weighted by Gasteiger charge is 2.33. The third-order valence-corrected chi connectivity index (χ3v) is 7.81. The first kappa shape index (κ1) is 32.5. The maximum Gasteiger partial charge on any atom is 0.407 e. The Hall–Kier alpha value is -4.90. The van der Waals surface area contributed by atoms with E-state index in [1.54, 1.807) is 54.9 Å². The van der Waals surface area contributed by atoms with Crippen molar-refractivity contribution in [1.82, 2.24) is 29.7 Å². The molecule has 2 N–H and O–H groups in total. The molecule has 1 aliphatic heterocycles. The minimum Gasteiger partial charge on any atom is -0.465 e. The van der Waals surface area contributed by atoms with Crippen LogP contribution in [0.1, 0.15) is 32.0 Å². The molecular weight excluding hydrogens is 608 g/mol. The number of piperazine rings is 1. The monoisotopic (exact) mass is 644 g/mol. The zero-order valence-electron chi connectivity index (χ0n) is 26.0. The molecule has 1 atom stereocenters. The lowest BCUT2D eigenvalue weighted by molar-refractivity contribution is -0.134. The van der Waals surface area contributed by atoms with E-state index in [1.165, 1.54) is 4.90 Å². The summed E-state index contributed by atoms with van der Waals surface area (Å²) in [5, 5.41) is 13.2. The minimum atomic E-state index is -0.993. The number of halogens is 1. The van der Waals surface area contributed by atoms with Gasteiger partial charge in [-0.05, 0) is 57.0 Å². The summed E-state index contributed by atoms with van der Waals surface area (Å²) in [6.45, 7) is 6.32. The third kappa shape index (κ3) is 8.22.